The van der Waals surface area contributed by atoms with Crippen molar-refractivity contribution in [2.24, 2.45) is 0 Å². The third kappa shape index (κ3) is 4.72. The minimum absolute atomic E-state index is 0.539. The molecule has 1 aromatic heterocycles. The molecule has 1 rings (SSSR count). The Balaban J connectivity index is 2.15. The highest BCUT2D eigenvalue weighted by atomic mass is 35.5. The SMILES string of the molecule is CCSCCCNc1ccc(Cl)nc1. The minimum Gasteiger partial charge on any atom is -0.384 e. The first-order valence-corrected chi connectivity index (χ1v) is 6.29. The van der Waals surface area contributed by atoms with Gasteiger partial charge in [0.2, 0.25) is 0 Å². The predicted molar refractivity (Wildman–Crippen MR) is 65.4 cm³/mol. The molecule has 4 heteroatoms. The summed E-state index contributed by atoms with van der Waals surface area (Å²) in [6, 6.07) is 3.74. The molecule has 0 aliphatic rings. The van der Waals surface area contributed by atoms with Crippen LogP contribution in [0.15, 0.2) is 18.3 Å². The Hall–Kier alpha value is -0.410. The average molecular weight is 231 g/mol. The summed E-state index contributed by atoms with van der Waals surface area (Å²) in [4.78, 5) is 3.99. The standard InChI is InChI=1S/C10H15ClN2S/c1-2-14-7-3-6-12-9-4-5-10(11)13-8-9/h4-5,8,12H,2-3,6-7H2,1H3. The summed E-state index contributed by atoms with van der Waals surface area (Å²) < 4.78 is 0. The van der Waals surface area contributed by atoms with E-state index in [0.717, 1.165) is 12.2 Å². The van der Waals surface area contributed by atoms with Crippen LogP contribution in [0.4, 0.5) is 5.69 Å². The number of thioether (sulfide) groups is 1. The molecule has 1 aromatic rings. The lowest BCUT2D eigenvalue weighted by molar-refractivity contribution is 0.989. The lowest BCUT2D eigenvalue weighted by Gasteiger charge is -2.04. The summed E-state index contributed by atoms with van der Waals surface area (Å²) in [5.74, 6) is 2.41. The second-order valence-electron chi connectivity index (χ2n) is 2.85. The monoisotopic (exact) mass is 230 g/mol. The fraction of sp³-hybridized carbons (Fsp3) is 0.500. The Morgan fingerprint density at radius 3 is 3.00 bits per heavy atom. The van der Waals surface area contributed by atoms with Gasteiger partial charge in [-0.3, -0.25) is 0 Å². The second kappa shape index (κ2) is 6.96. The van der Waals surface area contributed by atoms with Gasteiger partial charge in [-0.05, 0) is 30.1 Å². The molecule has 0 unspecified atom stereocenters. The number of aromatic nitrogens is 1. The highest BCUT2D eigenvalue weighted by molar-refractivity contribution is 7.99. The zero-order valence-electron chi connectivity index (χ0n) is 8.29. The van der Waals surface area contributed by atoms with Crippen molar-refractivity contribution in [3.63, 3.8) is 0 Å². The van der Waals surface area contributed by atoms with E-state index in [1.54, 1.807) is 12.3 Å². The van der Waals surface area contributed by atoms with Crippen LogP contribution >= 0.6 is 23.4 Å². The van der Waals surface area contributed by atoms with E-state index in [1.165, 1.54) is 17.9 Å². The smallest absolute Gasteiger partial charge is 0.129 e. The molecule has 0 aliphatic heterocycles. The molecule has 14 heavy (non-hydrogen) atoms. The molecule has 78 valence electrons. The molecule has 0 saturated carbocycles. The van der Waals surface area contributed by atoms with Gasteiger partial charge in [0.15, 0.2) is 0 Å². The van der Waals surface area contributed by atoms with E-state index >= 15 is 0 Å². The van der Waals surface area contributed by atoms with Crippen LogP contribution in [0.5, 0.6) is 0 Å². The molecular formula is C10H15ClN2S. The van der Waals surface area contributed by atoms with Crippen molar-refractivity contribution in [2.75, 3.05) is 23.4 Å². The van der Waals surface area contributed by atoms with Crippen molar-refractivity contribution in [3.8, 4) is 0 Å². The number of nitrogens with one attached hydrogen (secondary N) is 1. The predicted octanol–water partition coefficient (Wildman–Crippen LogP) is 3.29. The molecule has 2 nitrogen and oxygen atoms in total. The molecule has 1 heterocycles. The lowest BCUT2D eigenvalue weighted by atomic mass is 10.4. The summed E-state index contributed by atoms with van der Waals surface area (Å²) in [6.07, 6.45) is 2.94. The fourth-order valence-electron chi connectivity index (χ4n) is 1.03. The molecule has 0 saturated heterocycles. The normalized spacial score (nSPS) is 10.1. The first-order valence-electron chi connectivity index (χ1n) is 4.76. The molecule has 0 aliphatic carbocycles. The van der Waals surface area contributed by atoms with Crippen LogP contribution in [-0.2, 0) is 0 Å². The van der Waals surface area contributed by atoms with E-state index in [2.05, 4.69) is 17.2 Å². The maximum absolute atomic E-state index is 5.67. The van der Waals surface area contributed by atoms with E-state index in [-0.39, 0.29) is 0 Å². The van der Waals surface area contributed by atoms with Crippen LogP contribution in [0.3, 0.4) is 0 Å². The molecule has 0 amide bonds. The molecule has 0 fully saturated rings. The van der Waals surface area contributed by atoms with Crippen LogP contribution < -0.4 is 5.32 Å². The largest absolute Gasteiger partial charge is 0.384 e. The van der Waals surface area contributed by atoms with E-state index in [9.17, 15) is 0 Å². The maximum atomic E-state index is 5.67. The quantitative estimate of drug-likeness (QED) is 0.600. The van der Waals surface area contributed by atoms with E-state index in [4.69, 9.17) is 11.6 Å². The van der Waals surface area contributed by atoms with Gasteiger partial charge in [-0.25, -0.2) is 4.98 Å². The summed E-state index contributed by atoms with van der Waals surface area (Å²) in [7, 11) is 0. The van der Waals surface area contributed by atoms with Gasteiger partial charge in [0, 0.05) is 6.54 Å². The van der Waals surface area contributed by atoms with Crippen molar-refractivity contribution >= 4 is 29.1 Å². The third-order valence-electron chi connectivity index (χ3n) is 1.73. The maximum Gasteiger partial charge on any atom is 0.129 e. The Bertz CT molecular complexity index is 251. The summed E-state index contributed by atoms with van der Waals surface area (Å²) >= 11 is 7.64. The van der Waals surface area contributed by atoms with Gasteiger partial charge >= 0.3 is 0 Å². The molecule has 1 N–H and O–H groups in total. The van der Waals surface area contributed by atoms with E-state index in [0.29, 0.717) is 5.15 Å². The van der Waals surface area contributed by atoms with Gasteiger partial charge in [0.25, 0.3) is 0 Å². The van der Waals surface area contributed by atoms with Gasteiger partial charge in [-0.2, -0.15) is 11.8 Å². The van der Waals surface area contributed by atoms with E-state index in [1.807, 2.05) is 17.8 Å². The van der Waals surface area contributed by atoms with Crippen LogP contribution in [0, 0.1) is 0 Å². The Labute approximate surface area is 94.5 Å². The average Bonchev–Trinajstić information content (AvgIpc) is 2.21. The Morgan fingerprint density at radius 1 is 1.50 bits per heavy atom. The highest BCUT2D eigenvalue weighted by Gasteiger charge is 1.92. The fourth-order valence-corrected chi connectivity index (χ4v) is 1.78. The van der Waals surface area contributed by atoms with Crippen molar-refractivity contribution in [1.82, 2.24) is 4.98 Å². The topological polar surface area (TPSA) is 24.9 Å². The van der Waals surface area contributed by atoms with Gasteiger partial charge in [0.05, 0.1) is 11.9 Å². The summed E-state index contributed by atoms with van der Waals surface area (Å²) in [5, 5.41) is 3.84. The van der Waals surface area contributed by atoms with Crippen LogP contribution in [-0.4, -0.2) is 23.0 Å². The zero-order chi connectivity index (χ0) is 10.2. The van der Waals surface area contributed by atoms with Crippen molar-refractivity contribution < 1.29 is 0 Å². The number of halogens is 1. The van der Waals surface area contributed by atoms with Crippen molar-refractivity contribution in [1.29, 1.82) is 0 Å². The molecule has 0 spiro atoms. The van der Waals surface area contributed by atoms with Gasteiger partial charge in [0.1, 0.15) is 5.15 Å². The molecular weight excluding hydrogens is 216 g/mol. The number of rotatable bonds is 6. The lowest BCUT2D eigenvalue weighted by Crippen LogP contribution is -2.02. The third-order valence-corrected chi connectivity index (χ3v) is 2.94. The first kappa shape index (κ1) is 11.7. The highest BCUT2D eigenvalue weighted by Crippen LogP contribution is 2.09. The van der Waals surface area contributed by atoms with Crippen LogP contribution in [0.2, 0.25) is 5.15 Å². The first-order chi connectivity index (χ1) is 6.83. The minimum atomic E-state index is 0.539. The Kier molecular flexibility index (Phi) is 5.80. The molecule has 0 bridgehead atoms. The summed E-state index contributed by atoms with van der Waals surface area (Å²) in [6.45, 7) is 3.18. The number of pyridine rings is 1. The number of nitrogens with zero attached hydrogens (tertiary/aromatic N) is 1. The molecule has 0 aromatic carbocycles. The van der Waals surface area contributed by atoms with Gasteiger partial charge < -0.3 is 5.32 Å². The number of hydrogen-bond acceptors (Lipinski definition) is 3. The molecule has 0 atom stereocenters. The second-order valence-corrected chi connectivity index (χ2v) is 4.63. The van der Waals surface area contributed by atoms with Crippen LogP contribution in [0.25, 0.3) is 0 Å². The van der Waals surface area contributed by atoms with E-state index < -0.39 is 0 Å². The van der Waals surface area contributed by atoms with Crippen molar-refractivity contribution in [2.45, 2.75) is 13.3 Å². The molecule has 0 radical (unpaired) electrons. The zero-order valence-corrected chi connectivity index (χ0v) is 9.87. The number of hydrogen-bond donors (Lipinski definition) is 1. The summed E-state index contributed by atoms with van der Waals surface area (Å²) in [5.41, 5.74) is 1.04. The van der Waals surface area contributed by atoms with Crippen LogP contribution in [0.1, 0.15) is 13.3 Å². The number of anilines is 1. The van der Waals surface area contributed by atoms with Gasteiger partial charge in [-0.1, -0.05) is 18.5 Å². The van der Waals surface area contributed by atoms with Crippen molar-refractivity contribution in [3.05, 3.63) is 23.5 Å². The van der Waals surface area contributed by atoms with Gasteiger partial charge in [-0.15, -0.1) is 0 Å². The Morgan fingerprint density at radius 2 is 2.36 bits per heavy atom.